The van der Waals surface area contributed by atoms with E-state index in [2.05, 4.69) is 60.4 Å². The number of rotatable bonds is 6. The molecule has 0 saturated heterocycles. The van der Waals surface area contributed by atoms with Gasteiger partial charge >= 0.3 is 0 Å². The van der Waals surface area contributed by atoms with E-state index in [1.165, 1.54) is 0 Å². The first-order chi connectivity index (χ1) is 8.45. The molecule has 5 nitrogen and oxygen atoms in total. The SMILES string of the molecule is CNc1ncnc(NC(C)CN(C)C)c1C(C)C. The van der Waals surface area contributed by atoms with E-state index in [1.54, 1.807) is 6.33 Å². The van der Waals surface area contributed by atoms with Crippen LogP contribution in [0.15, 0.2) is 6.33 Å². The van der Waals surface area contributed by atoms with Gasteiger partial charge in [0.05, 0.1) is 0 Å². The molecule has 0 aliphatic carbocycles. The zero-order valence-corrected chi connectivity index (χ0v) is 12.3. The first-order valence-electron chi connectivity index (χ1n) is 6.39. The molecule has 1 unspecified atom stereocenters. The van der Waals surface area contributed by atoms with Gasteiger partial charge in [-0.1, -0.05) is 13.8 Å². The molecule has 1 aromatic heterocycles. The van der Waals surface area contributed by atoms with Crippen LogP contribution in [0.5, 0.6) is 0 Å². The first-order valence-corrected chi connectivity index (χ1v) is 6.39. The zero-order chi connectivity index (χ0) is 13.7. The second-order valence-electron chi connectivity index (χ2n) is 5.20. The van der Waals surface area contributed by atoms with Crippen LogP contribution in [0.25, 0.3) is 0 Å². The fourth-order valence-electron chi connectivity index (χ4n) is 2.08. The van der Waals surface area contributed by atoms with Crippen LogP contribution in [0.3, 0.4) is 0 Å². The molecule has 2 N–H and O–H groups in total. The summed E-state index contributed by atoms with van der Waals surface area (Å²) in [6, 6.07) is 0.345. The minimum Gasteiger partial charge on any atom is -0.373 e. The van der Waals surface area contributed by atoms with Gasteiger partial charge in [0.15, 0.2) is 0 Å². The maximum Gasteiger partial charge on any atom is 0.135 e. The minimum absolute atomic E-state index is 0.345. The highest BCUT2D eigenvalue weighted by Crippen LogP contribution is 2.28. The Bertz CT molecular complexity index is 376. The van der Waals surface area contributed by atoms with Crippen LogP contribution in [0, 0.1) is 0 Å². The van der Waals surface area contributed by atoms with Crippen LogP contribution in [-0.2, 0) is 0 Å². The predicted octanol–water partition coefficient (Wildman–Crippen LogP) is 2.00. The molecule has 1 aromatic rings. The largest absolute Gasteiger partial charge is 0.373 e. The summed E-state index contributed by atoms with van der Waals surface area (Å²) < 4.78 is 0. The lowest BCUT2D eigenvalue weighted by Gasteiger charge is -2.22. The second-order valence-corrected chi connectivity index (χ2v) is 5.20. The molecule has 5 heteroatoms. The summed E-state index contributed by atoms with van der Waals surface area (Å²) in [7, 11) is 6.03. The van der Waals surface area contributed by atoms with Crippen LogP contribution in [-0.4, -0.2) is 48.6 Å². The third kappa shape index (κ3) is 3.84. The Balaban J connectivity index is 2.94. The van der Waals surface area contributed by atoms with Crippen molar-refractivity contribution in [3.05, 3.63) is 11.9 Å². The van der Waals surface area contributed by atoms with Crippen LogP contribution in [0.1, 0.15) is 32.3 Å². The van der Waals surface area contributed by atoms with E-state index in [0.717, 1.165) is 23.7 Å². The number of nitrogens with zero attached hydrogens (tertiary/aromatic N) is 3. The van der Waals surface area contributed by atoms with E-state index >= 15 is 0 Å². The Hall–Kier alpha value is -1.36. The molecule has 1 rings (SSSR count). The van der Waals surface area contributed by atoms with E-state index in [4.69, 9.17) is 0 Å². The lowest BCUT2D eigenvalue weighted by Crippen LogP contribution is -2.30. The van der Waals surface area contributed by atoms with Crippen molar-refractivity contribution in [2.24, 2.45) is 0 Å². The summed E-state index contributed by atoms with van der Waals surface area (Å²) in [5, 5.41) is 6.59. The Morgan fingerprint density at radius 1 is 1.17 bits per heavy atom. The van der Waals surface area contributed by atoms with Crippen molar-refractivity contribution in [3.8, 4) is 0 Å². The summed E-state index contributed by atoms with van der Waals surface area (Å²) in [6.07, 6.45) is 1.60. The zero-order valence-electron chi connectivity index (χ0n) is 12.3. The molecular formula is C13H25N5. The van der Waals surface area contributed by atoms with Gasteiger partial charge in [-0.3, -0.25) is 0 Å². The Morgan fingerprint density at radius 3 is 2.28 bits per heavy atom. The summed E-state index contributed by atoms with van der Waals surface area (Å²) in [6.45, 7) is 7.43. The third-order valence-corrected chi connectivity index (χ3v) is 2.72. The molecule has 1 heterocycles. The van der Waals surface area contributed by atoms with Gasteiger partial charge in [0, 0.05) is 25.2 Å². The summed E-state index contributed by atoms with van der Waals surface area (Å²) >= 11 is 0. The van der Waals surface area contributed by atoms with Crippen LogP contribution in [0.2, 0.25) is 0 Å². The van der Waals surface area contributed by atoms with Crippen molar-refractivity contribution < 1.29 is 0 Å². The molecule has 18 heavy (non-hydrogen) atoms. The summed E-state index contributed by atoms with van der Waals surface area (Å²) in [5.74, 6) is 2.21. The fourth-order valence-corrected chi connectivity index (χ4v) is 2.08. The molecule has 0 bridgehead atoms. The van der Waals surface area contributed by atoms with Gasteiger partial charge in [-0.15, -0.1) is 0 Å². The van der Waals surface area contributed by atoms with Gasteiger partial charge < -0.3 is 15.5 Å². The predicted molar refractivity (Wildman–Crippen MR) is 77.3 cm³/mol. The van der Waals surface area contributed by atoms with Crippen molar-refractivity contribution >= 4 is 11.6 Å². The molecule has 0 spiro atoms. The lowest BCUT2D eigenvalue weighted by molar-refractivity contribution is 0.391. The van der Waals surface area contributed by atoms with Crippen molar-refractivity contribution in [1.29, 1.82) is 0 Å². The van der Waals surface area contributed by atoms with Crippen LogP contribution in [0.4, 0.5) is 11.6 Å². The monoisotopic (exact) mass is 251 g/mol. The molecule has 0 aliphatic heterocycles. The highest BCUT2D eigenvalue weighted by molar-refractivity contribution is 5.59. The molecule has 0 fully saturated rings. The number of nitrogens with one attached hydrogen (secondary N) is 2. The minimum atomic E-state index is 0.345. The van der Waals surface area contributed by atoms with Gasteiger partial charge in [-0.05, 0) is 26.9 Å². The maximum atomic E-state index is 4.38. The maximum absolute atomic E-state index is 4.38. The smallest absolute Gasteiger partial charge is 0.135 e. The number of likely N-dealkylation sites (N-methyl/N-ethyl adjacent to an activating group) is 1. The average molecular weight is 251 g/mol. The Kier molecular flexibility index (Phi) is 5.34. The van der Waals surface area contributed by atoms with Gasteiger partial charge in [-0.25, -0.2) is 9.97 Å². The van der Waals surface area contributed by atoms with Gasteiger partial charge in [0.1, 0.15) is 18.0 Å². The summed E-state index contributed by atoms with van der Waals surface area (Å²) in [4.78, 5) is 10.8. The van der Waals surface area contributed by atoms with Crippen LogP contribution >= 0.6 is 0 Å². The molecule has 0 amide bonds. The molecule has 102 valence electrons. The topological polar surface area (TPSA) is 53.1 Å². The first kappa shape index (κ1) is 14.7. The summed E-state index contributed by atoms with van der Waals surface area (Å²) in [5.41, 5.74) is 1.14. The van der Waals surface area contributed by atoms with E-state index < -0.39 is 0 Å². The van der Waals surface area contributed by atoms with Gasteiger partial charge in [0.25, 0.3) is 0 Å². The van der Waals surface area contributed by atoms with E-state index in [1.807, 2.05) is 7.05 Å². The normalized spacial score (nSPS) is 12.9. The quantitative estimate of drug-likeness (QED) is 0.810. The Morgan fingerprint density at radius 2 is 1.78 bits per heavy atom. The van der Waals surface area contributed by atoms with Crippen molar-refractivity contribution in [3.63, 3.8) is 0 Å². The molecule has 0 radical (unpaired) electrons. The standard InChI is InChI=1S/C13H25N5/c1-9(2)11-12(14-4)15-8-16-13(11)17-10(3)7-18(5)6/h8-10H,7H2,1-6H3,(H2,14,15,16,17). The molecule has 0 aliphatic rings. The molecular weight excluding hydrogens is 226 g/mol. The van der Waals surface area contributed by atoms with Crippen molar-refractivity contribution in [2.45, 2.75) is 32.7 Å². The number of hydrogen-bond acceptors (Lipinski definition) is 5. The molecule has 0 aromatic carbocycles. The second kappa shape index (κ2) is 6.54. The van der Waals surface area contributed by atoms with E-state index in [9.17, 15) is 0 Å². The average Bonchev–Trinajstić information content (AvgIpc) is 2.26. The van der Waals surface area contributed by atoms with Crippen LogP contribution < -0.4 is 10.6 Å². The number of anilines is 2. The van der Waals surface area contributed by atoms with Crippen molar-refractivity contribution in [1.82, 2.24) is 14.9 Å². The number of aromatic nitrogens is 2. The number of hydrogen-bond donors (Lipinski definition) is 2. The van der Waals surface area contributed by atoms with Crippen molar-refractivity contribution in [2.75, 3.05) is 38.3 Å². The molecule has 0 saturated carbocycles. The van der Waals surface area contributed by atoms with E-state index in [0.29, 0.717) is 12.0 Å². The fraction of sp³-hybridized carbons (Fsp3) is 0.692. The Labute approximate surface area is 110 Å². The third-order valence-electron chi connectivity index (χ3n) is 2.72. The lowest BCUT2D eigenvalue weighted by atomic mass is 10.0. The van der Waals surface area contributed by atoms with Gasteiger partial charge in [-0.2, -0.15) is 0 Å². The van der Waals surface area contributed by atoms with E-state index in [-0.39, 0.29) is 0 Å². The van der Waals surface area contributed by atoms with Gasteiger partial charge in [0.2, 0.25) is 0 Å². The molecule has 1 atom stereocenters. The highest BCUT2D eigenvalue weighted by atomic mass is 15.1. The highest BCUT2D eigenvalue weighted by Gasteiger charge is 2.15.